The van der Waals surface area contributed by atoms with Gasteiger partial charge in [-0.25, -0.2) is 0 Å². The zero-order valence-electron chi connectivity index (χ0n) is 12.1. The van der Waals surface area contributed by atoms with Crippen molar-refractivity contribution in [3.05, 3.63) is 0 Å². The van der Waals surface area contributed by atoms with Crippen LogP contribution in [0.2, 0.25) is 0 Å². The number of carboxylic acids is 1. The molecule has 1 saturated carbocycles. The summed E-state index contributed by atoms with van der Waals surface area (Å²) in [7, 11) is 0. The second-order valence-corrected chi connectivity index (χ2v) is 6.30. The summed E-state index contributed by atoms with van der Waals surface area (Å²) in [6.07, 6.45) is 4.95. The number of hydrogen-bond acceptors (Lipinski definition) is 3. The van der Waals surface area contributed by atoms with Gasteiger partial charge in [0.15, 0.2) is 0 Å². The second-order valence-electron chi connectivity index (χ2n) is 6.30. The van der Waals surface area contributed by atoms with Crippen molar-refractivity contribution in [2.45, 2.75) is 71.0 Å². The molecule has 0 unspecified atom stereocenters. The molecule has 1 aliphatic rings. The molecule has 112 valence electrons. The van der Waals surface area contributed by atoms with Gasteiger partial charge in [-0.3, -0.25) is 4.79 Å². The van der Waals surface area contributed by atoms with Crippen LogP contribution in [0.15, 0.2) is 0 Å². The Kier molecular flexibility index (Phi) is 6.80. The summed E-state index contributed by atoms with van der Waals surface area (Å²) in [6.45, 7) is 3.66. The standard InChI is InChI=1S/C15H28O4/c1-10(2)12(15(18)19)9-14(17)13(16)8-11-6-4-3-5-7-11/h10-14,16-17H,3-9H2,1-2H3,(H,18,19)/t12-,13-,14-/m0/s1. The molecule has 1 rings (SSSR count). The maximum Gasteiger partial charge on any atom is 0.306 e. The van der Waals surface area contributed by atoms with Crippen molar-refractivity contribution in [1.82, 2.24) is 0 Å². The van der Waals surface area contributed by atoms with Gasteiger partial charge in [0.25, 0.3) is 0 Å². The monoisotopic (exact) mass is 272 g/mol. The number of carboxylic acid groups (broad SMARTS) is 1. The lowest BCUT2D eigenvalue weighted by Gasteiger charge is -2.28. The van der Waals surface area contributed by atoms with Gasteiger partial charge in [0.2, 0.25) is 0 Å². The molecule has 0 aliphatic heterocycles. The van der Waals surface area contributed by atoms with Crippen LogP contribution in [-0.2, 0) is 4.79 Å². The average Bonchev–Trinajstić information content (AvgIpc) is 2.35. The number of carbonyl (C=O) groups is 1. The van der Waals surface area contributed by atoms with Crippen LogP contribution in [0.4, 0.5) is 0 Å². The van der Waals surface area contributed by atoms with Crippen LogP contribution in [0.25, 0.3) is 0 Å². The summed E-state index contributed by atoms with van der Waals surface area (Å²) < 4.78 is 0. The van der Waals surface area contributed by atoms with Crippen molar-refractivity contribution in [2.75, 3.05) is 0 Å². The molecule has 0 radical (unpaired) electrons. The summed E-state index contributed by atoms with van der Waals surface area (Å²) in [4.78, 5) is 11.1. The third kappa shape index (κ3) is 5.49. The predicted octanol–water partition coefficient (Wildman–Crippen LogP) is 2.43. The molecule has 0 saturated heterocycles. The maximum atomic E-state index is 11.1. The third-order valence-electron chi connectivity index (χ3n) is 4.36. The van der Waals surface area contributed by atoms with Gasteiger partial charge in [-0.15, -0.1) is 0 Å². The molecule has 1 fully saturated rings. The highest BCUT2D eigenvalue weighted by atomic mass is 16.4. The van der Waals surface area contributed by atoms with Crippen molar-refractivity contribution in [3.63, 3.8) is 0 Å². The Bertz CT molecular complexity index is 271. The molecule has 3 atom stereocenters. The van der Waals surface area contributed by atoms with Crippen LogP contribution in [0.5, 0.6) is 0 Å². The SMILES string of the molecule is CC(C)[C@H](C[C@H](O)[C@@H](O)CC1CCCCC1)C(=O)O. The molecular weight excluding hydrogens is 244 g/mol. The Morgan fingerprint density at radius 3 is 2.16 bits per heavy atom. The van der Waals surface area contributed by atoms with E-state index in [0.717, 1.165) is 12.8 Å². The van der Waals surface area contributed by atoms with Crippen LogP contribution in [0.1, 0.15) is 58.8 Å². The summed E-state index contributed by atoms with van der Waals surface area (Å²) in [5.74, 6) is -1.02. The third-order valence-corrected chi connectivity index (χ3v) is 4.36. The van der Waals surface area contributed by atoms with E-state index in [1.807, 2.05) is 13.8 Å². The largest absolute Gasteiger partial charge is 0.481 e. The summed E-state index contributed by atoms with van der Waals surface area (Å²) in [6, 6.07) is 0. The van der Waals surface area contributed by atoms with Gasteiger partial charge in [0, 0.05) is 0 Å². The minimum absolute atomic E-state index is 0.0333. The number of aliphatic hydroxyl groups excluding tert-OH is 2. The van der Waals surface area contributed by atoms with E-state index >= 15 is 0 Å². The summed E-state index contributed by atoms with van der Waals surface area (Å²) >= 11 is 0. The first-order valence-corrected chi connectivity index (χ1v) is 7.50. The summed E-state index contributed by atoms with van der Waals surface area (Å²) in [5.41, 5.74) is 0. The van der Waals surface area contributed by atoms with Crippen LogP contribution in [0.3, 0.4) is 0 Å². The minimum Gasteiger partial charge on any atom is -0.481 e. The van der Waals surface area contributed by atoms with Crippen molar-refractivity contribution in [1.29, 1.82) is 0 Å². The fourth-order valence-electron chi connectivity index (χ4n) is 3.00. The normalized spacial score (nSPS) is 22.2. The van der Waals surface area contributed by atoms with Crippen LogP contribution < -0.4 is 0 Å². The number of rotatable bonds is 7. The first-order chi connectivity index (χ1) is 8.91. The van der Waals surface area contributed by atoms with E-state index < -0.39 is 24.1 Å². The van der Waals surface area contributed by atoms with Gasteiger partial charge in [0.1, 0.15) is 0 Å². The van der Waals surface area contributed by atoms with E-state index in [0.29, 0.717) is 12.3 Å². The molecule has 1 aliphatic carbocycles. The number of aliphatic hydroxyl groups is 2. The number of hydrogen-bond donors (Lipinski definition) is 3. The molecule has 3 N–H and O–H groups in total. The molecule has 0 amide bonds. The summed E-state index contributed by atoms with van der Waals surface area (Å²) in [5, 5.41) is 29.1. The van der Waals surface area contributed by atoms with Crippen LogP contribution in [0, 0.1) is 17.8 Å². The van der Waals surface area contributed by atoms with Gasteiger partial charge in [0.05, 0.1) is 18.1 Å². The highest BCUT2D eigenvalue weighted by molar-refractivity contribution is 5.70. The van der Waals surface area contributed by atoms with Crippen molar-refractivity contribution in [3.8, 4) is 0 Å². The van der Waals surface area contributed by atoms with Crippen molar-refractivity contribution < 1.29 is 20.1 Å². The fourth-order valence-corrected chi connectivity index (χ4v) is 3.00. The Morgan fingerprint density at radius 2 is 1.68 bits per heavy atom. The van der Waals surface area contributed by atoms with Crippen molar-refractivity contribution >= 4 is 5.97 Å². The highest BCUT2D eigenvalue weighted by Gasteiger charge is 2.29. The van der Waals surface area contributed by atoms with Gasteiger partial charge >= 0.3 is 5.97 Å². The lowest BCUT2D eigenvalue weighted by atomic mass is 9.82. The van der Waals surface area contributed by atoms with E-state index in [2.05, 4.69) is 0 Å². The molecule has 0 heterocycles. The first-order valence-electron chi connectivity index (χ1n) is 7.50. The minimum atomic E-state index is -0.926. The van der Waals surface area contributed by atoms with Crippen LogP contribution >= 0.6 is 0 Å². The molecule has 4 heteroatoms. The first kappa shape index (κ1) is 16.4. The average molecular weight is 272 g/mol. The van der Waals surface area contributed by atoms with E-state index in [-0.39, 0.29) is 12.3 Å². The molecule has 0 aromatic heterocycles. The Balaban J connectivity index is 2.41. The molecule has 19 heavy (non-hydrogen) atoms. The maximum absolute atomic E-state index is 11.1. The molecular formula is C15H28O4. The van der Waals surface area contributed by atoms with Crippen molar-refractivity contribution in [2.24, 2.45) is 17.8 Å². The Morgan fingerprint density at radius 1 is 1.11 bits per heavy atom. The lowest BCUT2D eigenvalue weighted by molar-refractivity contribution is -0.145. The molecule has 4 nitrogen and oxygen atoms in total. The van der Waals surface area contributed by atoms with Gasteiger partial charge in [-0.05, 0) is 24.7 Å². The quantitative estimate of drug-likeness (QED) is 0.665. The topological polar surface area (TPSA) is 77.8 Å². The van der Waals surface area contributed by atoms with E-state index in [1.165, 1.54) is 19.3 Å². The lowest BCUT2D eigenvalue weighted by Crippen LogP contribution is -2.34. The van der Waals surface area contributed by atoms with E-state index in [1.54, 1.807) is 0 Å². The molecule has 0 spiro atoms. The molecule has 0 aromatic carbocycles. The van der Waals surface area contributed by atoms with E-state index in [4.69, 9.17) is 5.11 Å². The Labute approximate surface area is 115 Å². The smallest absolute Gasteiger partial charge is 0.306 e. The number of aliphatic carboxylic acids is 1. The van der Waals surface area contributed by atoms with Crippen LogP contribution in [-0.4, -0.2) is 33.5 Å². The predicted molar refractivity (Wildman–Crippen MR) is 73.8 cm³/mol. The zero-order chi connectivity index (χ0) is 14.4. The van der Waals surface area contributed by atoms with Gasteiger partial charge in [-0.1, -0.05) is 46.0 Å². The highest BCUT2D eigenvalue weighted by Crippen LogP contribution is 2.29. The molecule has 0 bridgehead atoms. The Hall–Kier alpha value is -0.610. The van der Waals surface area contributed by atoms with Gasteiger partial charge < -0.3 is 15.3 Å². The van der Waals surface area contributed by atoms with Gasteiger partial charge in [-0.2, -0.15) is 0 Å². The fraction of sp³-hybridized carbons (Fsp3) is 0.933. The zero-order valence-corrected chi connectivity index (χ0v) is 12.1. The second kappa shape index (κ2) is 7.85. The molecule has 0 aromatic rings. The van der Waals surface area contributed by atoms with E-state index in [9.17, 15) is 15.0 Å².